The third kappa shape index (κ3) is 7.84. The molecule has 2 amide bonds. The Hall–Kier alpha value is -2.98. The predicted octanol–water partition coefficient (Wildman–Crippen LogP) is -0.349. The first-order valence-electron chi connectivity index (χ1n) is 8.62. The molecule has 152 valence electrons. The van der Waals surface area contributed by atoms with Gasteiger partial charge in [-0.1, -0.05) is 0 Å². The molecule has 11 heteroatoms. The molecule has 0 heterocycles. The standard InChI is InChI=1S/C16H26N4O7/c1-17-13(9-3-2-4-9)18-8-7-11(15(25)26)20-16(27)19-10(14(23)24)5-6-12(21)22/h10-11,17-18H,2-8H2,1H3,(H,21,22)(H,23,24)(H,25,26)(H2,19,20,27). The van der Waals surface area contributed by atoms with Crippen LogP contribution < -0.4 is 21.3 Å². The lowest BCUT2D eigenvalue weighted by Gasteiger charge is -2.23. The minimum Gasteiger partial charge on any atom is -0.481 e. The van der Waals surface area contributed by atoms with Crippen LogP contribution in [0.2, 0.25) is 0 Å². The van der Waals surface area contributed by atoms with Crippen LogP contribution in [0.3, 0.4) is 0 Å². The Morgan fingerprint density at radius 2 is 1.52 bits per heavy atom. The summed E-state index contributed by atoms with van der Waals surface area (Å²) in [6.45, 7) is 0.290. The summed E-state index contributed by atoms with van der Waals surface area (Å²) in [5, 5.41) is 37.3. The Kier molecular flexibility index (Phi) is 8.90. The summed E-state index contributed by atoms with van der Waals surface area (Å²) < 4.78 is 0. The molecule has 2 unspecified atom stereocenters. The Labute approximate surface area is 156 Å². The molecule has 2 atom stereocenters. The highest BCUT2D eigenvalue weighted by Crippen LogP contribution is 2.26. The van der Waals surface area contributed by atoms with E-state index in [-0.39, 0.29) is 19.4 Å². The number of carbonyl (C=O) groups is 4. The Morgan fingerprint density at radius 1 is 0.963 bits per heavy atom. The first kappa shape index (κ1) is 22.1. The molecule has 1 aliphatic rings. The molecule has 0 aromatic carbocycles. The van der Waals surface area contributed by atoms with Crippen LogP contribution in [0.15, 0.2) is 11.4 Å². The van der Waals surface area contributed by atoms with Crippen LogP contribution in [0.1, 0.15) is 38.5 Å². The van der Waals surface area contributed by atoms with Crippen LogP contribution in [0.25, 0.3) is 0 Å². The molecule has 0 spiro atoms. The normalized spacial score (nSPS) is 14.9. The second-order valence-corrected chi connectivity index (χ2v) is 6.13. The van der Waals surface area contributed by atoms with Crippen molar-refractivity contribution in [2.45, 2.75) is 50.6 Å². The second kappa shape index (κ2) is 10.9. The zero-order valence-corrected chi connectivity index (χ0v) is 15.1. The van der Waals surface area contributed by atoms with Gasteiger partial charge >= 0.3 is 23.9 Å². The van der Waals surface area contributed by atoms with E-state index in [9.17, 15) is 24.3 Å². The summed E-state index contributed by atoms with van der Waals surface area (Å²) >= 11 is 0. The fourth-order valence-electron chi connectivity index (χ4n) is 2.48. The van der Waals surface area contributed by atoms with Gasteiger partial charge in [0.05, 0.1) is 5.82 Å². The van der Waals surface area contributed by atoms with Crippen molar-refractivity contribution >= 4 is 23.9 Å². The number of rotatable bonds is 12. The molecule has 27 heavy (non-hydrogen) atoms. The van der Waals surface area contributed by atoms with E-state index in [4.69, 9.17) is 10.2 Å². The summed E-state index contributed by atoms with van der Waals surface area (Å²) in [5.41, 5.74) is 1.23. The molecular formula is C16H26N4O7. The van der Waals surface area contributed by atoms with E-state index in [2.05, 4.69) is 21.3 Å². The van der Waals surface area contributed by atoms with Gasteiger partial charge in [0.2, 0.25) is 0 Å². The molecule has 0 bridgehead atoms. The molecule has 0 aliphatic heterocycles. The fourth-order valence-corrected chi connectivity index (χ4v) is 2.48. The van der Waals surface area contributed by atoms with Crippen molar-refractivity contribution in [3.8, 4) is 0 Å². The highest BCUT2D eigenvalue weighted by Gasteiger charge is 2.25. The molecule has 1 saturated carbocycles. The summed E-state index contributed by atoms with van der Waals surface area (Å²) in [4.78, 5) is 44.8. The number of nitrogens with one attached hydrogen (secondary N) is 4. The first-order chi connectivity index (χ1) is 12.7. The van der Waals surface area contributed by atoms with E-state index >= 15 is 0 Å². The van der Waals surface area contributed by atoms with Gasteiger partial charge in [0.25, 0.3) is 0 Å². The molecule has 0 radical (unpaired) electrons. The second-order valence-electron chi connectivity index (χ2n) is 6.13. The maximum Gasteiger partial charge on any atom is 0.326 e. The summed E-state index contributed by atoms with van der Waals surface area (Å²) in [6.07, 6.45) is 2.42. The number of amides is 2. The molecule has 1 fully saturated rings. The van der Waals surface area contributed by atoms with Crippen LogP contribution >= 0.6 is 0 Å². The highest BCUT2D eigenvalue weighted by atomic mass is 16.4. The maximum absolute atomic E-state index is 11.9. The van der Waals surface area contributed by atoms with E-state index in [0.29, 0.717) is 0 Å². The zero-order chi connectivity index (χ0) is 20.4. The van der Waals surface area contributed by atoms with Crippen molar-refractivity contribution in [1.29, 1.82) is 0 Å². The molecule has 0 aromatic rings. The molecule has 0 aromatic heterocycles. The third-order valence-corrected chi connectivity index (χ3v) is 4.15. The van der Waals surface area contributed by atoms with Crippen molar-refractivity contribution in [2.75, 3.05) is 13.6 Å². The predicted molar refractivity (Wildman–Crippen MR) is 93.9 cm³/mol. The first-order valence-corrected chi connectivity index (χ1v) is 8.62. The fraction of sp³-hybridized carbons (Fsp3) is 0.625. The van der Waals surface area contributed by atoms with Gasteiger partial charge in [0.15, 0.2) is 0 Å². The van der Waals surface area contributed by atoms with Crippen LogP contribution in [-0.4, -0.2) is 64.9 Å². The van der Waals surface area contributed by atoms with Gasteiger partial charge in [-0.15, -0.1) is 0 Å². The Bertz CT molecular complexity index is 600. The molecule has 1 rings (SSSR count). The van der Waals surface area contributed by atoms with Crippen LogP contribution in [0.5, 0.6) is 0 Å². The molecular weight excluding hydrogens is 360 g/mol. The van der Waals surface area contributed by atoms with Gasteiger partial charge in [-0.25, -0.2) is 14.4 Å². The van der Waals surface area contributed by atoms with Gasteiger partial charge in [0.1, 0.15) is 12.1 Å². The summed E-state index contributed by atoms with van der Waals surface area (Å²) in [7, 11) is 1.76. The largest absolute Gasteiger partial charge is 0.481 e. The number of hydrogen-bond donors (Lipinski definition) is 7. The van der Waals surface area contributed by atoms with Gasteiger partial charge in [-0.2, -0.15) is 0 Å². The van der Waals surface area contributed by atoms with Crippen molar-refractivity contribution in [3.63, 3.8) is 0 Å². The number of carbonyl (C=O) groups excluding carboxylic acids is 1. The van der Waals surface area contributed by atoms with Gasteiger partial charge in [-0.05, 0) is 37.7 Å². The van der Waals surface area contributed by atoms with E-state index < -0.39 is 42.4 Å². The monoisotopic (exact) mass is 386 g/mol. The lowest BCUT2D eigenvalue weighted by atomic mass is 9.92. The maximum atomic E-state index is 11.9. The van der Waals surface area contributed by atoms with E-state index in [1.807, 2.05) is 0 Å². The lowest BCUT2D eigenvalue weighted by Crippen LogP contribution is -2.51. The van der Waals surface area contributed by atoms with Crippen LogP contribution in [0, 0.1) is 0 Å². The SMILES string of the molecule is CNC(NCCC(NC(=O)NC(CCC(=O)O)C(=O)O)C(=O)O)=C1CCC1. The molecule has 11 nitrogen and oxygen atoms in total. The van der Waals surface area contributed by atoms with Crippen molar-refractivity contribution in [1.82, 2.24) is 21.3 Å². The topological polar surface area (TPSA) is 177 Å². The van der Waals surface area contributed by atoms with Gasteiger partial charge in [-0.3, -0.25) is 4.79 Å². The zero-order valence-electron chi connectivity index (χ0n) is 15.1. The van der Waals surface area contributed by atoms with Crippen molar-refractivity contribution < 1.29 is 34.5 Å². The number of carboxylic acid groups (broad SMARTS) is 3. The van der Waals surface area contributed by atoms with Crippen LogP contribution in [0.4, 0.5) is 4.79 Å². The van der Waals surface area contributed by atoms with E-state index in [1.54, 1.807) is 7.05 Å². The number of hydrogen-bond acceptors (Lipinski definition) is 6. The van der Waals surface area contributed by atoms with E-state index in [1.165, 1.54) is 5.57 Å². The number of urea groups is 1. The number of carboxylic acids is 3. The highest BCUT2D eigenvalue weighted by molar-refractivity contribution is 5.86. The van der Waals surface area contributed by atoms with Crippen molar-refractivity contribution in [2.24, 2.45) is 0 Å². The smallest absolute Gasteiger partial charge is 0.326 e. The number of allylic oxidation sites excluding steroid dienone is 1. The Morgan fingerprint density at radius 3 is 1.93 bits per heavy atom. The molecule has 1 aliphatic carbocycles. The van der Waals surface area contributed by atoms with Crippen molar-refractivity contribution in [3.05, 3.63) is 11.4 Å². The summed E-state index contributed by atoms with van der Waals surface area (Å²) in [5.74, 6) is -2.99. The van der Waals surface area contributed by atoms with Gasteiger partial charge < -0.3 is 36.6 Å². The number of aliphatic carboxylic acids is 3. The van der Waals surface area contributed by atoms with E-state index in [0.717, 1.165) is 25.1 Å². The van der Waals surface area contributed by atoms with Gasteiger partial charge in [0, 0.05) is 20.0 Å². The summed E-state index contributed by atoms with van der Waals surface area (Å²) in [6, 6.07) is -3.63. The molecule has 7 N–H and O–H groups in total. The third-order valence-electron chi connectivity index (χ3n) is 4.15. The Balaban J connectivity index is 2.51. The average Bonchev–Trinajstić information content (AvgIpc) is 2.54. The minimum absolute atomic E-state index is 0.0775. The van der Waals surface area contributed by atoms with Crippen LogP contribution in [-0.2, 0) is 14.4 Å². The lowest BCUT2D eigenvalue weighted by molar-refractivity contribution is -0.140. The average molecular weight is 386 g/mol. The quantitative estimate of drug-likeness (QED) is 0.236. The molecule has 0 saturated heterocycles. The minimum atomic E-state index is -1.42.